The molecule has 1 aliphatic carbocycles. The first-order valence-electron chi connectivity index (χ1n) is 13.8. The molecular weight excluding hydrogens is 442 g/mol. The summed E-state index contributed by atoms with van der Waals surface area (Å²) >= 11 is 0. The van der Waals surface area contributed by atoms with Gasteiger partial charge in [0, 0.05) is 55.9 Å². The number of carbonyl (C=O) groups is 1. The minimum atomic E-state index is 0.255. The number of amides is 1. The molecule has 0 spiro atoms. The molecule has 2 fully saturated rings. The number of anilines is 1. The fraction of sp³-hybridized carbons (Fsp3) is 0.406. The molecule has 4 nitrogen and oxygen atoms in total. The van der Waals surface area contributed by atoms with E-state index in [2.05, 4.69) is 93.6 Å². The van der Waals surface area contributed by atoms with Crippen molar-refractivity contribution in [1.82, 2.24) is 9.80 Å². The van der Waals surface area contributed by atoms with Gasteiger partial charge in [-0.05, 0) is 67.5 Å². The van der Waals surface area contributed by atoms with Crippen molar-refractivity contribution in [3.63, 3.8) is 0 Å². The molecule has 1 saturated heterocycles. The molecule has 0 N–H and O–H groups in total. The van der Waals surface area contributed by atoms with Gasteiger partial charge in [0.25, 0.3) is 5.91 Å². The molecule has 186 valence electrons. The molecule has 3 aliphatic rings. The van der Waals surface area contributed by atoms with Crippen LogP contribution in [0.5, 0.6) is 0 Å². The van der Waals surface area contributed by atoms with Gasteiger partial charge in [-0.3, -0.25) is 9.69 Å². The minimum absolute atomic E-state index is 0.255. The molecule has 4 heteroatoms. The number of nitrogens with zero attached hydrogens (tertiary/aromatic N) is 3. The molecule has 1 amide bonds. The Kier molecular flexibility index (Phi) is 6.78. The highest BCUT2D eigenvalue weighted by molar-refractivity contribution is 5.98. The first-order chi connectivity index (χ1) is 17.8. The van der Waals surface area contributed by atoms with Crippen LogP contribution in [0.2, 0.25) is 0 Å². The lowest BCUT2D eigenvalue weighted by molar-refractivity contribution is 0.0727. The fourth-order valence-electron chi connectivity index (χ4n) is 6.06. The van der Waals surface area contributed by atoms with Crippen molar-refractivity contribution in [2.24, 2.45) is 0 Å². The molecule has 0 atom stereocenters. The third-order valence-corrected chi connectivity index (χ3v) is 8.30. The van der Waals surface area contributed by atoms with E-state index >= 15 is 0 Å². The Morgan fingerprint density at radius 1 is 0.778 bits per heavy atom. The van der Waals surface area contributed by atoms with Gasteiger partial charge in [-0.25, -0.2) is 0 Å². The first-order valence-corrected chi connectivity index (χ1v) is 13.8. The van der Waals surface area contributed by atoms with Crippen LogP contribution in [0.3, 0.4) is 0 Å². The highest BCUT2D eigenvalue weighted by Crippen LogP contribution is 2.33. The van der Waals surface area contributed by atoms with Crippen LogP contribution < -0.4 is 4.90 Å². The van der Waals surface area contributed by atoms with Gasteiger partial charge in [-0.2, -0.15) is 0 Å². The molecule has 0 aromatic heterocycles. The second kappa shape index (κ2) is 10.5. The number of rotatable bonds is 8. The molecule has 1 saturated carbocycles. The Labute approximate surface area is 215 Å². The van der Waals surface area contributed by atoms with Crippen LogP contribution in [0, 0.1) is 0 Å². The average Bonchev–Trinajstić information content (AvgIpc) is 3.78. The van der Waals surface area contributed by atoms with Crippen LogP contribution in [-0.2, 0) is 6.42 Å². The molecule has 0 unspecified atom stereocenters. The molecular formula is C32H37N3O. The van der Waals surface area contributed by atoms with Crippen LogP contribution >= 0.6 is 0 Å². The van der Waals surface area contributed by atoms with E-state index in [4.69, 9.17) is 0 Å². The summed E-state index contributed by atoms with van der Waals surface area (Å²) in [4.78, 5) is 20.3. The van der Waals surface area contributed by atoms with Gasteiger partial charge < -0.3 is 9.80 Å². The summed E-state index contributed by atoms with van der Waals surface area (Å²) < 4.78 is 0. The number of hydrogen-bond donors (Lipinski definition) is 0. The molecule has 2 heterocycles. The number of hydrogen-bond acceptors (Lipinski definition) is 3. The van der Waals surface area contributed by atoms with Gasteiger partial charge in [0.1, 0.15) is 0 Å². The molecule has 6 rings (SSSR count). The van der Waals surface area contributed by atoms with Crippen molar-refractivity contribution >= 4 is 11.6 Å². The zero-order valence-corrected chi connectivity index (χ0v) is 21.2. The summed E-state index contributed by atoms with van der Waals surface area (Å²) in [5, 5.41) is 0. The lowest BCUT2D eigenvalue weighted by Crippen LogP contribution is -2.47. The van der Waals surface area contributed by atoms with Gasteiger partial charge in [0.05, 0.1) is 0 Å². The van der Waals surface area contributed by atoms with Gasteiger partial charge >= 0.3 is 0 Å². The predicted molar refractivity (Wildman–Crippen MR) is 147 cm³/mol. The second-order valence-corrected chi connectivity index (χ2v) is 10.7. The SMILES string of the molecule is O=C1c2cc(N3CCN(CCCC(c4ccccc4)c4ccccc4)CC3)ccc2CCN1C1CC1. The maximum Gasteiger partial charge on any atom is 0.254 e. The maximum absolute atomic E-state index is 13.1. The van der Waals surface area contributed by atoms with Crippen molar-refractivity contribution in [3.8, 4) is 0 Å². The van der Waals surface area contributed by atoms with Crippen molar-refractivity contribution in [2.45, 2.75) is 44.1 Å². The topological polar surface area (TPSA) is 26.8 Å². The molecule has 36 heavy (non-hydrogen) atoms. The van der Waals surface area contributed by atoms with E-state index in [1.807, 2.05) is 0 Å². The number of piperazine rings is 1. The van der Waals surface area contributed by atoms with Gasteiger partial charge in [0.15, 0.2) is 0 Å². The van der Waals surface area contributed by atoms with Crippen LogP contribution in [0.25, 0.3) is 0 Å². The van der Waals surface area contributed by atoms with Crippen LogP contribution in [0.15, 0.2) is 78.9 Å². The third-order valence-electron chi connectivity index (χ3n) is 8.30. The lowest BCUT2D eigenvalue weighted by atomic mass is 9.87. The van der Waals surface area contributed by atoms with Crippen molar-refractivity contribution in [1.29, 1.82) is 0 Å². The Bertz CT molecular complexity index is 1130. The summed E-state index contributed by atoms with van der Waals surface area (Å²) in [5.41, 5.74) is 6.21. The smallest absolute Gasteiger partial charge is 0.254 e. The maximum atomic E-state index is 13.1. The Morgan fingerprint density at radius 2 is 1.44 bits per heavy atom. The zero-order chi connectivity index (χ0) is 24.3. The highest BCUT2D eigenvalue weighted by Gasteiger charge is 2.36. The third kappa shape index (κ3) is 5.05. The molecule has 0 radical (unpaired) electrons. The Hall–Kier alpha value is -3.11. The largest absolute Gasteiger partial charge is 0.369 e. The lowest BCUT2D eigenvalue weighted by Gasteiger charge is -2.37. The summed E-state index contributed by atoms with van der Waals surface area (Å²) in [5.74, 6) is 0.711. The van der Waals surface area contributed by atoms with E-state index < -0.39 is 0 Å². The minimum Gasteiger partial charge on any atom is -0.369 e. The van der Waals surface area contributed by atoms with E-state index in [1.165, 1.54) is 48.1 Å². The van der Waals surface area contributed by atoms with E-state index in [1.54, 1.807) is 0 Å². The molecule has 2 aliphatic heterocycles. The fourth-order valence-corrected chi connectivity index (χ4v) is 6.06. The van der Waals surface area contributed by atoms with Gasteiger partial charge in [-0.1, -0.05) is 66.7 Å². The predicted octanol–water partition coefficient (Wildman–Crippen LogP) is 5.58. The molecule has 3 aromatic carbocycles. The standard InChI is InChI=1S/C32H37N3O/c36-32-31-24-29(14-13-27(31)17-19-35(32)28-15-16-28)34-22-20-33(21-23-34)18-7-12-30(25-8-3-1-4-9-25)26-10-5-2-6-11-26/h1-6,8-11,13-14,24,28,30H,7,12,15-23H2. The average molecular weight is 480 g/mol. The quantitative estimate of drug-likeness (QED) is 0.422. The number of carbonyl (C=O) groups excluding carboxylic acids is 1. The van der Waals surface area contributed by atoms with E-state index in [0.29, 0.717) is 12.0 Å². The molecule has 3 aromatic rings. The van der Waals surface area contributed by atoms with E-state index in [0.717, 1.165) is 51.3 Å². The number of benzene rings is 3. The van der Waals surface area contributed by atoms with E-state index in [9.17, 15) is 4.79 Å². The molecule has 0 bridgehead atoms. The Morgan fingerprint density at radius 3 is 2.08 bits per heavy atom. The summed E-state index contributed by atoms with van der Waals surface area (Å²) in [6.07, 6.45) is 5.72. The number of fused-ring (bicyclic) bond motifs is 1. The van der Waals surface area contributed by atoms with Gasteiger partial charge in [0.2, 0.25) is 0 Å². The monoisotopic (exact) mass is 479 g/mol. The summed E-state index contributed by atoms with van der Waals surface area (Å²) in [7, 11) is 0. The summed E-state index contributed by atoms with van der Waals surface area (Å²) in [6, 6.07) is 29.0. The highest BCUT2D eigenvalue weighted by atomic mass is 16.2. The van der Waals surface area contributed by atoms with Crippen molar-refractivity contribution in [3.05, 3.63) is 101 Å². The van der Waals surface area contributed by atoms with Crippen LogP contribution in [0.1, 0.15) is 58.6 Å². The summed E-state index contributed by atoms with van der Waals surface area (Å²) in [6.45, 7) is 6.26. The first kappa shape index (κ1) is 23.3. The van der Waals surface area contributed by atoms with Crippen LogP contribution in [0.4, 0.5) is 5.69 Å². The second-order valence-electron chi connectivity index (χ2n) is 10.7. The van der Waals surface area contributed by atoms with Crippen molar-refractivity contribution < 1.29 is 4.79 Å². The zero-order valence-electron chi connectivity index (χ0n) is 21.2. The van der Waals surface area contributed by atoms with Gasteiger partial charge in [-0.15, -0.1) is 0 Å². The van der Waals surface area contributed by atoms with Crippen molar-refractivity contribution in [2.75, 3.05) is 44.2 Å². The van der Waals surface area contributed by atoms with E-state index in [-0.39, 0.29) is 5.91 Å². The normalized spacial score (nSPS) is 18.5. The van der Waals surface area contributed by atoms with Crippen LogP contribution in [-0.4, -0.2) is 61.0 Å². The Balaban J connectivity index is 1.04.